The van der Waals surface area contributed by atoms with Crippen LogP contribution in [0, 0.1) is 20.8 Å². The number of aromatic nitrogens is 2. The van der Waals surface area contributed by atoms with Crippen LogP contribution in [0.15, 0.2) is 61.8 Å². The first-order valence-corrected chi connectivity index (χ1v) is 9.50. The minimum atomic E-state index is 0.0354. The highest BCUT2D eigenvalue weighted by molar-refractivity contribution is 5.82. The van der Waals surface area contributed by atoms with E-state index in [0.29, 0.717) is 13.1 Å². The molecule has 0 spiro atoms. The molecular formula is C24H27N3O. The molecule has 0 aliphatic carbocycles. The molecule has 0 fully saturated rings. The van der Waals surface area contributed by atoms with Crippen molar-refractivity contribution < 1.29 is 4.79 Å². The van der Waals surface area contributed by atoms with Gasteiger partial charge in [-0.15, -0.1) is 13.2 Å². The molecule has 2 aromatic heterocycles. The molecule has 2 heterocycles. The lowest BCUT2D eigenvalue weighted by Gasteiger charge is -2.19. The quantitative estimate of drug-likeness (QED) is 0.565. The Morgan fingerprint density at radius 2 is 1.79 bits per heavy atom. The molecule has 0 N–H and O–H groups in total. The largest absolute Gasteiger partial charge is 0.335 e. The van der Waals surface area contributed by atoms with Gasteiger partial charge in [0.2, 0.25) is 5.91 Å². The molecule has 0 saturated carbocycles. The van der Waals surface area contributed by atoms with E-state index in [0.717, 1.165) is 28.2 Å². The number of carbonyl (C=O) groups is 1. The zero-order valence-corrected chi connectivity index (χ0v) is 16.9. The van der Waals surface area contributed by atoms with Gasteiger partial charge in [0.15, 0.2) is 0 Å². The summed E-state index contributed by atoms with van der Waals surface area (Å²) in [5, 5.41) is 0. The number of benzene rings is 1. The Balaban J connectivity index is 2.12. The van der Waals surface area contributed by atoms with Crippen LogP contribution in [0.25, 0.3) is 16.9 Å². The van der Waals surface area contributed by atoms with Gasteiger partial charge in [0.25, 0.3) is 0 Å². The number of aryl methyl sites for hydroxylation is 3. The summed E-state index contributed by atoms with van der Waals surface area (Å²) in [6, 6.07) is 10.4. The first kappa shape index (κ1) is 19.6. The molecule has 4 heteroatoms. The normalized spacial score (nSPS) is 10.8. The second kappa shape index (κ2) is 8.26. The average molecular weight is 374 g/mol. The van der Waals surface area contributed by atoms with Gasteiger partial charge in [-0.1, -0.05) is 30.4 Å². The Bertz CT molecular complexity index is 1040. The van der Waals surface area contributed by atoms with Crippen molar-refractivity contribution in [2.24, 2.45) is 0 Å². The van der Waals surface area contributed by atoms with Gasteiger partial charge in [-0.05, 0) is 49.6 Å². The van der Waals surface area contributed by atoms with Crippen LogP contribution in [-0.2, 0) is 11.2 Å². The van der Waals surface area contributed by atoms with Crippen LogP contribution >= 0.6 is 0 Å². The van der Waals surface area contributed by atoms with Crippen LogP contribution in [0.3, 0.4) is 0 Å². The highest BCUT2D eigenvalue weighted by Gasteiger charge is 2.20. The van der Waals surface area contributed by atoms with Crippen LogP contribution in [0.4, 0.5) is 0 Å². The minimum Gasteiger partial charge on any atom is -0.335 e. The van der Waals surface area contributed by atoms with E-state index in [1.165, 1.54) is 11.1 Å². The molecule has 0 aliphatic rings. The van der Waals surface area contributed by atoms with Crippen LogP contribution in [0.2, 0.25) is 0 Å². The summed E-state index contributed by atoms with van der Waals surface area (Å²) in [6.45, 7) is 14.8. The summed E-state index contributed by atoms with van der Waals surface area (Å²) in [5.41, 5.74) is 7.23. The van der Waals surface area contributed by atoms with E-state index in [1.54, 1.807) is 17.1 Å². The second-order valence-corrected chi connectivity index (χ2v) is 7.14. The summed E-state index contributed by atoms with van der Waals surface area (Å²) >= 11 is 0. The lowest BCUT2D eigenvalue weighted by Crippen LogP contribution is -2.33. The van der Waals surface area contributed by atoms with Crippen LogP contribution < -0.4 is 0 Å². The molecule has 3 aromatic rings. The number of amides is 1. The minimum absolute atomic E-state index is 0.0354. The maximum absolute atomic E-state index is 13.0. The van der Waals surface area contributed by atoms with Crippen molar-refractivity contribution in [2.75, 3.05) is 13.1 Å². The lowest BCUT2D eigenvalue weighted by atomic mass is 10.0. The summed E-state index contributed by atoms with van der Waals surface area (Å²) < 4.78 is 2.04. The SMILES string of the molecule is C=CCN(CC=C)C(=O)Cc1c(-c2ccc(C)c(C)c2)nc2c(C)cccn12. The first-order chi connectivity index (χ1) is 13.5. The van der Waals surface area contributed by atoms with Gasteiger partial charge in [0.1, 0.15) is 5.65 Å². The van der Waals surface area contributed by atoms with Gasteiger partial charge in [-0.25, -0.2) is 4.98 Å². The van der Waals surface area contributed by atoms with Crippen molar-refractivity contribution in [1.29, 1.82) is 0 Å². The monoisotopic (exact) mass is 373 g/mol. The predicted molar refractivity (Wildman–Crippen MR) is 116 cm³/mol. The van der Waals surface area contributed by atoms with Crippen molar-refractivity contribution in [3.8, 4) is 11.3 Å². The molecule has 1 amide bonds. The fourth-order valence-corrected chi connectivity index (χ4v) is 3.39. The summed E-state index contributed by atoms with van der Waals surface area (Å²) in [7, 11) is 0. The lowest BCUT2D eigenvalue weighted by molar-refractivity contribution is -0.129. The third kappa shape index (κ3) is 3.77. The Hall–Kier alpha value is -3.14. The Morgan fingerprint density at radius 1 is 1.07 bits per heavy atom. The van der Waals surface area contributed by atoms with Gasteiger partial charge < -0.3 is 9.30 Å². The van der Waals surface area contributed by atoms with Crippen molar-refractivity contribution in [2.45, 2.75) is 27.2 Å². The van der Waals surface area contributed by atoms with E-state index in [1.807, 2.05) is 29.7 Å². The van der Waals surface area contributed by atoms with Crippen LogP contribution in [0.1, 0.15) is 22.4 Å². The van der Waals surface area contributed by atoms with Gasteiger partial charge in [0.05, 0.1) is 17.8 Å². The van der Waals surface area contributed by atoms with Crippen molar-refractivity contribution in [3.05, 3.63) is 84.2 Å². The number of carbonyl (C=O) groups excluding carboxylic acids is 1. The molecule has 4 nitrogen and oxygen atoms in total. The molecule has 144 valence electrons. The molecule has 0 atom stereocenters. The summed E-state index contributed by atoms with van der Waals surface area (Å²) in [6.07, 6.45) is 5.73. The third-order valence-electron chi connectivity index (χ3n) is 5.09. The van der Waals surface area contributed by atoms with E-state index in [9.17, 15) is 4.79 Å². The number of hydrogen-bond acceptors (Lipinski definition) is 2. The topological polar surface area (TPSA) is 37.6 Å². The Labute approximate surface area is 166 Å². The molecule has 0 radical (unpaired) electrons. The first-order valence-electron chi connectivity index (χ1n) is 9.50. The van der Waals surface area contributed by atoms with Crippen molar-refractivity contribution >= 4 is 11.6 Å². The number of nitrogens with zero attached hydrogens (tertiary/aromatic N) is 3. The number of hydrogen-bond donors (Lipinski definition) is 0. The summed E-state index contributed by atoms with van der Waals surface area (Å²) in [5.74, 6) is 0.0354. The van der Waals surface area contributed by atoms with Gasteiger partial charge in [-0.2, -0.15) is 0 Å². The van der Waals surface area contributed by atoms with Gasteiger partial charge in [-0.3, -0.25) is 4.79 Å². The maximum atomic E-state index is 13.0. The highest BCUT2D eigenvalue weighted by Crippen LogP contribution is 2.28. The Kier molecular flexibility index (Phi) is 5.78. The van der Waals surface area contributed by atoms with Crippen molar-refractivity contribution in [1.82, 2.24) is 14.3 Å². The average Bonchev–Trinajstić information content (AvgIpc) is 3.04. The number of rotatable bonds is 7. The van der Waals surface area contributed by atoms with E-state index in [4.69, 9.17) is 4.98 Å². The van der Waals surface area contributed by atoms with E-state index in [2.05, 4.69) is 45.2 Å². The fourth-order valence-electron chi connectivity index (χ4n) is 3.39. The standard InChI is InChI=1S/C24H27N3O/c1-6-12-26(13-7-2)22(28)16-21-23(20-11-10-17(3)19(5)15-20)25-24-18(4)9-8-14-27(21)24/h6-11,14-15H,1-2,12-13,16H2,3-5H3. The molecule has 0 bridgehead atoms. The zero-order chi connectivity index (χ0) is 20.3. The van der Waals surface area contributed by atoms with Crippen LogP contribution in [0.5, 0.6) is 0 Å². The smallest absolute Gasteiger partial charge is 0.229 e. The predicted octanol–water partition coefficient (Wildman–Crippen LogP) is 4.67. The molecule has 0 aliphatic heterocycles. The number of imidazole rings is 1. The van der Waals surface area contributed by atoms with E-state index >= 15 is 0 Å². The van der Waals surface area contributed by atoms with E-state index in [-0.39, 0.29) is 12.3 Å². The van der Waals surface area contributed by atoms with Crippen LogP contribution in [-0.4, -0.2) is 33.3 Å². The molecule has 1 aromatic carbocycles. The molecule has 3 rings (SSSR count). The van der Waals surface area contributed by atoms with E-state index < -0.39 is 0 Å². The number of fused-ring (bicyclic) bond motifs is 1. The molecule has 28 heavy (non-hydrogen) atoms. The zero-order valence-electron chi connectivity index (χ0n) is 16.9. The number of pyridine rings is 1. The molecule has 0 saturated heterocycles. The maximum Gasteiger partial charge on any atom is 0.229 e. The molecular weight excluding hydrogens is 346 g/mol. The van der Waals surface area contributed by atoms with Crippen molar-refractivity contribution in [3.63, 3.8) is 0 Å². The van der Waals surface area contributed by atoms with Gasteiger partial charge in [0, 0.05) is 24.8 Å². The highest BCUT2D eigenvalue weighted by atomic mass is 16.2. The molecule has 0 unspecified atom stereocenters. The second-order valence-electron chi connectivity index (χ2n) is 7.14. The third-order valence-corrected chi connectivity index (χ3v) is 5.09. The van der Waals surface area contributed by atoms with Gasteiger partial charge >= 0.3 is 0 Å². The summed E-state index contributed by atoms with van der Waals surface area (Å²) in [4.78, 5) is 19.7. The fraction of sp³-hybridized carbons (Fsp3) is 0.250. The Morgan fingerprint density at radius 3 is 2.43 bits per heavy atom.